The summed E-state index contributed by atoms with van der Waals surface area (Å²) in [5.74, 6) is 0.269. The van der Waals surface area contributed by atoms with Gasteiger partial charge in [0.2, 0.25) is 10.0 Å². The summed E-state index contributed by atoms with van der Waals surface area (Å²) in [6.45, 7) is 0.488. The van der Waals surface area contributed by atoms with Gasteiger partial charge in [0.25, 0.3) is 0 Å². The Morgan fingerprint density at radius 1 is 1.19 bits per heavy atom. The average Bonchev–Trinajstić information content (AvgIpc) is 2.67. The van der Waals surface area contributed by atoms with Crippen LogP contribution in [-0.4, -0.2) is 32.4 Å². The highest BCUT2D eigenvalue weighted by Crippen LogP contribution is 2.29. The maximum Gasteiger partial charge on any atom is 0.243 e. The molecule has 1 atom stereocenters. The molecule has 3 rings (SSSR count). The summed E-state index contributed by atoms with van der Waals surface area (Å²) >= 11 is 5.80. The molecule has 1 aliphatic heterocycles. The summed E-state index contributed by atoms with van der Waals surface area (Å²) in [6.07, 6.45) is 3.64. The number of rotatable bonds is 6. The summed E-state index contributed by atoms with van der Waals surface area (Å²) in [5, 5.41) is 0.359. The lowest BCUT2D eigenvalue weighted by Crippen LogP contribution is -2.43. The van der Waals surface area contributed by atoms with Crippen LogP contribution < -0.4 is 4.74 Å². The minimum Gasteiger partial charge on any atom is -0.497 e. The second kappa shape index (κ2) is 8.59. The van der Waals surface area contributed by atoms with Gasteiger partial charge in [-0.05, 0) is 67.6 Å². The Kier molecular flexibility index (Phi) is 6.40. The highest BCUT2D eigenvalue weighted by Gasteiger charge is 2.33. The fourth-order valence-electron chi connectivity index (χ4n) is 3.51. The molecule has 0 amide bonds. The van der Waals surface area contributed by atoms with Crippen molar-refractivity contribution in [2.45, 2.75) is 43.0 Å². The number of piperidine rings is 1. The molecule has 2 aromatic rings. The normalized spacial score (nSPS) is 18.4. The van der Waals surface area contributed by atoms with Gasteiger partial charge >= 0.3 is 0 Å². The Labute approximate surface area is 165 Å². The first-order chi connectivity index (χ1) is 12.9. The lowest BCUT2D eigenvalue weighted by molar-refractivity contribution is 0.240. The molecule has 1 aliphatic rings. The van der Waals surface area contributed by atoms with Crippen molar-refractivity contribution < 1.29 is 17.5 Å². The predicted octanol–water partition coefficient (Wildman–Crippen LogP) is 4.66. The number of benzene rings is 2. The van der Waals surface area contributed by atoms with E-state index in [2.05, 4.69) is 0 Å². The van der Waals surface area contributed by atoms with Crippen molar-refractivity contribution in [1.82, 2.24) is 4.31 Å². The lowest BCUT2D eigenvalue weighted by atomic mass is 9.98. The van der Waals surface area contributed by atoms with Gasteiger partial charge in [0.15, 0.2) is 0 Å². The van der Waals surface area contributed by atoms with Crippen molar-refractivity contribution in [2.75, 3.05) is 13.7 Å². The van der Waals surface area contributed by atoms with E-state index in [4.69, 9.17) is 16.3 Å². The van der Waals surface area contributed by atoms with Crippen LogP contribution in [0.25, 0.3) is 0 Å². The molecule has 1 heterocycles. The molecule has 1 unspecified atom stereocenters. The smallest absolute Gasteiger partial charge is 0.243 e. The van der Waals surface area contributed by atoms with Crippen LogP contribution in [0.5, 0.6) is 5.75 Å². The van der Waals surface area contributed by atoms with E-state index in [0.717, 1.165) is 19.3 Å². The monoisotopic (exact) mass is 411 g/mol. The Bertz CT molecular complexity index is 887. The van der Waals surface area contributed by atoms with Crippen LogP contribution in [-0.2, 0) is 16.4 Å². The van der Waals surface area contributed by atoms with Gasteiger partial charge in [0, 0.05) is 17.6 Å². The number of hydrogen-bond acceptors (Lipinski definition) is 3. The van der Waals surface area contributed by atoms with Crippen LogP contribution >= 0.6 is 11.6 Å². The van der Waals surface area contributed by atoms with Gasteiger partial charge < -0.3 is 4.74 Å². The van der Waals surface area contributed by atoms with Crippen molar-refractivity contribution in [3.63, 3.8) is 0 Å². The van der Waals surface area contributed by atoms with Crippen molar-refractivity contribution in [3.8, 4) is 5.75 Å². The number of nitrogens with zero attached hydrogens (tertiary/aromatic N) is 1. The molecule has 146 valence electrons. The summed E-state index contributed by atoms with van der Waals surface area (Å²) in [5.41, 5.74) is 0.562. The second-order valence-electron chi connectivity index (χ2n) is 6.72. The van der Waals surface area contributed by atoms with E-state index in [1.54, 1.807) is 47.8 Å². The molecule has 1 fully saturated rings. The fourth-order valence-corrected chi connectivity index (χ4v) is 5.39. The molecule has 0 saturated carbocycles. The standard InChI is InChI=1S/C20H23ClFNO3S/c1-26-18-9-11-19(12-10-18)27(24,25)23-13-3-2-4-17(23)8-6-15-5-7-16(21)14-20(15)22/h5,7,9-12,14,17H,2-4,6,8,13H2,1H3. The number of hydrogen-bond donors (Lipinski definition) is 0. The first-order valence-electron chi connectivity index (χ1n) is 9.01. The zero-order valence-corrected chi connectivity index (χ0v) is 16.8. The molecule has 0 radical (unpaired) electrons. The van der Waals surface area contributed by atoms with Crippen molar-refractivity contribution in [1.29, 1.82) is 0 Å². The summed E-state index contributed by atoms with van der Waals surface area (Å²) in [7, 11) is -2.05. The van der Waals surface area contributed by atoms with Crippen LogP contribution in [0.2, 0.25) is 5.02 Å². The molecule has 0 aromatic heterocycles. The largest absolute Gasteiger partial charge is 0.497 e. The minimum atomic E-state index is -3.59. The summed E-state index contributed by atoms with van der Waals surface area (Å²) in [4.78, 5) is 0.257. The summed E-state index contributed by atoms with van der Waals surface area (Å²) in [6, 6.07) is 10.9. The van der Waals surface area contributed by atoms with Gasteiger partial charge in [-0.2, -0.15) is 4.31 Å². The maximum atomic E-state index is 14.0. The van der Waals surface area contributed by atoms with Crippen molar-refractivity contribution in [3.05, 3.63) is 58.9 Å². The van der Waals surface area contributed by atoms with Crippen molar-refractivity contribution >= 4 is 21.6 Å². The van der Waals surface area contributed by atoms with Crippen LogP contribution in [0.15, 0.2) is 47.4 Å². The third-order valence-electron chi connectivity index (χ3n) is 5.00. The Balaban J connectivity index is 1.77. The van der Waals surface area contributed by atoms with Crippen LogP contribution in [0.1, 0.15) is 31.2 Å². The van der Waals surface area contributed by atoms with E-state index >= 15 is 0 Å². The van der Waals surface area contributed by atoms with E-state index in [1.807, 2.05) is 0 Å². The number of sulfonamides is 1. The molecule has 4 nitrogen and oxygen atoms in total. The van der Waals surface area contributed by atoms with Gasteiger partial charge in [-0.25, -0.2) is 12.8 Å². The predicted molar refractivity (Wildman–Crippen MR) is 104 cm³/mol. The van der Waals surface area contributed by atoms with E-state index < -0.39 is 10.0 Å². The Hall–Kier alpha value is -1.63. The number of halogens is 2. The van der Waals surface area contributed by atoms with Crippen molar-refractivity contribution in [2.24, 2.45) is 0 Å². The molecule has 7 heteroatoms. The molecule has 2 aromatic carbocycles. The summed E-state index contributed by atoms with van der Waals surface area (Å²) < 4.78 is 46.9. The second-order valence-corrected chi connectivity index (χ2v) is 9.04. The molecule has 27 heavy (non-hydrogen) atoms. The van der Waals surface area contributed by atoms with Gasteiger partial charge in [-0.15, -0.1) is 0 Å². The topological polar surface area (TPSA) is 46.6 Å². The molecule has 0 aliphatic carbocycles. The maximum absolute atomic E-state index is 14.0. The number of aryl methyl sites for hydroxylation is 1. The van der Waals surface area contributed by atoms with Crippen LogP contribution in [0, 0.1) is 5.82 Å². The van der Waals surface area contributed by atoms with E-state index in [0.29, 0.717) is 35.7 Å². The SMILES string of the molecule is COc1ccc(S(=O)(=O)N2CCCCC2CCc2ccc(Cl)cc2F)cc1. The molecule has 0 bridgehead atoms. The zero-order chi connectivity index (χ0) is 19.4. The average molecular weight is 412 g/mol. The highest BCUT2D eigenvalue weighted by molar-refractivity contribution is 7.89. The number of ether oxygens (including phenoxy) is 1. The third kappa shape index (κ3) is 4.62. The van der Waals surface area contributed by atoms with Gasteiger partial charge in [0.05, 0.1) is 12.0 Å². The van der Waals surface area contributed by atoms with Gasteiger partial charge in [-0.1, -0.05) is 24.1 Å². The zero-order valence-electron chi connectivity index (χ0n) is 15.2. The molecule has 1 saturated heterocycles. The lowest BCUT2D eigenvalue weighted by Gasteiger charge is -2.35. The first kappa shape index (κ1) is 20.1. The molecule has 0 spiro atoms. The first-order valence-corrected chi connectivity index (χ1v) is 10.8. The molecule has 0 N–H and O–H groups in total. The van der Waals surface area contributed by atoms with E-state index in [-0.39, 0.29) is 16.8 Å². The molecular formula is C20H23ClFNO3S. The van der Waals surface area contributed by atoms with E-state index in [1.165, 1.54) is 6.07 Å². The fraction of sp³-hybridized carbons (Fsp3) is 0.400. The highest BCUT2D eigenvalue weighted by atomic mass is 35.5. The van der Waals surface area contributed by atoms with Gasteiger partial charge in [0.1, 0.15) is 11.6 Å². The minimum absolute atomic E-state index is 0.138. The van der Waals surface area contributed by atoms with Gasteiger partial charge in [-0.3, -0.25) is 0 Å². The Morgan fingerprint density at radius 3 is 2.59 bits per heavy atom. The number of methoxy groups -OCH3 is 1. The van der Waals surface area contributed by atoms with Crippen LogP contribution in [0.3, 0.4) is 0 Å². The Morgan fingerprint density at radius 2 is 1.93 bits per heavy atom. The quantitative estimate of drug-likeness (QED) is 0.694. The molecular weight excluding hydrogens is 389 g/mol. The van der Waals surface area contributed by atoms with E-state index in [9.17, 15) is 12.8 Å². The third-order valence-corrected chi connectivity index (χ3v) is 7.20. The van der Waals surface area contributed by atoms with Crippen LogP contribution in [0.4, 0.5) is 4.39 Å².